The Morgan fingerprint density at radius 2 is 1.81 bits per heavy atom. The molecular weight excluding hydrogens is 390 g/mol. The zero-order valence-corrected chi connectivity index (χ0v) is 18.4. The van der Waals surface area contributed by atoms with Crippen LogP contribution in [0, 0.1) is 12.8 Å². The first-order valence-corrected chi connectivity index (χ1v) is 11.7. The predicted octanol–water partition coefficient (Wildman–Crippen LogP) is 3.03. The Kier molecular flexibility index (Phi) is 5.71. The number of aromatic nitrogens is 1. The van der Waals surface area contributed by atoms with Gasteiger partial charge in [-0.1, -0.05) is 0 Å². The summed E-state index contributed by atoms with van der Waals surface area (Å²) >= 11 is 0. The van der Waals surface area contributed by atoms with Gasteiger partial charge in [0.05, 0.1) is 11.2 Å². The van der Waals surface area contributed by atoms with Gasteiger partial charge in [0, 0.05) is 50.2 Å². The fourth-order valence-electron chi connectivity index (χ4n) is 5.52. The number of imide groups is 1. The number of carbonyl (C=O) groups is 2. The van der Waals surface area contributed by atoms with Gasteiger partial charge in [-0.15, -0.1) is 0 Å². The van der Waals surface area contributed by atoms with Crippen molar-refractivity contribution in [2.75, 3.05) is 44.2 Å². The van der Waals surface area contributed by atoms with Crippen molar-refractivity contribution in [3.63, 3.8) is 0 Å². The third-order valence-corrected chi connectivity index (χ3v) is 7.23. The Bertz CT molecular complexity index is 970. The molecule has 4 heterocycles. The number of nitrogens with zero attached hydrogens (tertiary/aromatic N) is 3. The topological polar surface area (TPSA) is 69.6 Å². The third kappa shape index (κ3) is 4.21. The lowest BCUT2D eigenvalue weighted by Gasteiger charge is -2.36. The van der Waals surface area contributed by atoms with E-state index < -0.39 is 0 Å². The van der Waals surface area contributed by atoms with Crippen LogP contribution < -0.4 is 15.5 Å². The number of urea groups is 1. The lowest BCUT2D eigenvalue weighted by Crippen LogP contribution is -2.49. The van der Waals surface area contributed by atoms with E-state index in [1.807, 2.05) is 0 Å². The molecule has 0 unspecified atom stereocenters. The molecule has 2 N–H and O–H groups in total. The van der Waals surface area contributed by atoms with Crippen LogP contribution in [-0.2, 0) is 4.79 Å². The van der Waals surface area contributed by atoms with Gasteiger partial charge < -0.3 is 14.8 Å². The van der Waals surface area contributed by atoms with E-state index >= 15 is 0 Å². The fraction of sp³-hybridized carbons (Fsp3) is 0.583. The molecule has 2 aromatic rings. The number of benzene rings is 1. The molecule has 0 saturated carbocycles. The molecule has 3 saturated heterocycles. The summed E-state index contributed by atoms with van der Waals surface area (Å²) in [4.78, 5) is 28.4. The highest BCUT2D eigenvalue weighted by atomic mass is 16.2. The molecule has 0 spiro atoms. The first kappa shape index (κ1) is 20.5. The molecule has 3 aliphatic heterocycles. The van der Waals surface area contributed by atoms with Gasteiger partial charge in [-0.05, 0) is 75.4 Å². The second kappa shape index (κ2) is 8.63. The highest BCUT2D eigenvalue weighted by molar-refractivity contribution is 6.09. The fourth-order valence-corrected chi connectivity index (χ4v) is 5.52. The van der Waals surface area contributed by atoms with E-state index in [1.165, 1.54) is 38.0 Å². The number of hydrogen-bond donors (Lipinski definition) is 2. The van der Waals surface area contributed by atoms with Gasteiger partial charge in [-0.25, -0.2) is 4.79 Å². The normalized spacial score (nSPS) is 22.3. The van der Waals surface area contributed by atoms with E-state index in [1.54, 1.807) is 4.90 Å². The summed E-state index contributed by atoms with van der Waals surface area (Å²) in [5.74, 6) is 0.650. The van der Waals surface area contributed by atoms with Crippen LogP contribution in [0.2, 0.25) is 0 Å². The first-order valence-electron chi connectivity index (χ1n) is 11.7. The van der Waals surface area contributed by atoms with Gasteiger partial charge in [-0.3, -0.25) is 15.0 Å². The molecule has 7 heteroatoms. The van der Waals surface area contributed by atoms with Crippen molar-refractivity contribution in [1.29, 1.82) is 0 Å². The lowest BCUT2D eigenvalue weighted by molar-refractivity contribution is -0.120. The van der Waals surface area contributed by atoms with Gasteiger partial charge in [0.2, 0.25) is 5.91 Å². The van der Waals surface area contributed by atoms with E-state index in [0.717, 1.165) is 48.5 Å². The van der Waals surface area contributed by atoms with Crippen LogP contribution in [-0.4, -0.2) is 60.7 Å². The maximum absolute atomic E-state index is 12.4. The van der Waals surface area contributed by atoms with Crippen LogP contribution in [0.1, 0.15) is 43.7 Å². The molecule has 1 aromatic heterocycles. The molecule has 0 radical (unpaired) electrons. The summed E-state index contributed by atoms with van der Waals surface area (Å²) in [5, 5.41) is 7.01. The largest absolute Gasteiger partial charge is 0.344 e. The lowest BCUT2D eigenvalue weighted by atomic mass is 9.95. The Balaban J connectivity index is 1.33. The number of fused-ring (bicyclic) bond motifs is 1. The number of hydrogen-bond acceptors (Lipinski definition) is 4. The SMILES string of the molecule is Cc1cc(N2CCC(=O)NC2=O)c2ccn(C3CCN(CC4CCNCC4)CC3)c2c1. The molecule has 0 atom stereocenters. The Morgan fingerprint density at radius 1 is 1.03 bits per heavy atom. The van der Waals surface area contributed by atoms with Crippen molar-refractivity contribution in [2.24, 2.45) is 5.92 Å². The molecule has 3 amide bonds. The van der Waals surface area contributed by atoms with E-state index in [4.69, 9.17) is 0 Å². The third-order valence-electron chi connectivity index (χ3n) is 7.23. The predicted molar refractivity (Wildman–Crippen MR) is 122 cm³/mol. The smallest absolute Gasteiger partial charge is 0.328 e. The zero-order valence-electron chi connectivity index (χ0n) is 18.4. The molecule has 3 aliphatic rings. The number of rotatable bonds is 4. The van der Waals surface area contributed by atoms with Crippen LogP contribution >= 0.6 is 0 Å². The van der Waals surface area contributed by atoms with E-state index in [9.17, 15) is 9.59 Å². The van der Waals surface area contributed by atoms with Gasteiger partial charge in [-0.2, -0.15) is 0 Å². The van der Waals surface area contributed by atoms with Crippen molar-refractivity contribution in [3.8, 4) is 0 Å². The van der Waals surface area contributed by atoms with Crippen molar-refractivity contribution in [2.45, 2.75) is 45.1 Å². The van der Waals surface area contributed by atoms with Crippen molar-refractivity contribution in [1.82, 2.24) is 20.1 Å². The molecule has 31 heavy (non-hydrogen) atoms. The number of nitrogens with one attached hydrogen (secondary N) is 2. The molecule has 7 nitrogen and oxygen atoms in total. The summed E-state index contributed by atoms with van der Waals surface area (Å²) in [6, 6.07) is 6.60. The van der Waals surface area contributed by atoms with Crippen molar-refractivity contribution >= 4 is 28.5 Å². The molecule has 5 rings (SSSR count). The van der Waals surface area contributed by atoms with Crippen molar-refractivity contribution < 1.29 is 9.59 Å². The Morgan fingerprint density at radius 3 is 2.55 bits per heavy atom. The summed E-state index contributed by atoms with van der Waals surface area (Å²) in [7, 11) is 0. The van der Waals surface area contributed by atoms with Gasteiger partial charge in [0.25, 0.3) is 0 Å². The summed E-state index contributed by atoms with van der Waals surface area (Å²) < 4.78 is 2.42. The minimum absolute atomic E-state index is 0.195. The molecule has 0 bridgehead atoms. The average molecular weight is 424 g/mol. The number of piperidine rings is 2. The minimum atomic E-state index is -0.317. The molecule has 3 fully saturated rings. The van der Waals surface area contributed by atoms with E-state index in [2.05, 4.69) is 51.4 Å². The Labute approximate surface area is 183 Å². The van der Waals surface area contributed by atoms with Crippen LogP contribution in [0.4, 0.5) is 10.5 Å². The first-order chi connectivity index (χ1) is 15.1. The number of anilines is 1. The minimum Gasteiger partial charge on any atom is -0.344 e. The standard InChI is InChI=1S/C24H33N5O2/c1-17-14-21-20(22(15-17)29-13-7-23(30)26-24(29)31)6-12-28(21)19-4-10-27(11-5-19)16-18-2-8-25-9-3-18/h6,12,14-15,18-19,25H,2-5,7-11,13,16H2,1H3,(H,26,30,31). The monoisotopic (exact) mass is 423 g/mol. The van der Waals surface area contributed by atoms with Gasteiger partial charge in [0.1, 0.15) is 0 Å². The average Bonchev–Trinajstić information content (AvgIpc) is 3.18. The molecular formula is C24H33N5O2. The Hall–Kier alpha value is -2.38. The quantitative estimate of drug-likeness (QED) is 0.793. The summed E-state index contributed by atoms with van der Waals surface area (Å²) in [5.41, 5.74) is 3.23. The highest BCUT2D eigenvalue weighted by Crippen LogP contribution is 2.35. The number of aryl methyl sites for hydroxylation is 1. The van der Waals surface area contributed by atoms with Crippen LogP contribution in [0.25, 0.3) is 10.9 Å². The van der Waals surface area contributed by atoms with E-state index in [-0.39, 0.29) is 11.9 Å². The summed E-state index contributed by atoms with van der Waals surface area (Å²) in [6.07, 6.45) is 7.47. The van der Waals surface area contributed by atoms with Crippen LogP contribution in [0.15, 0.2) is 24.4 Å². The number of carbonyl (C=O) groups excluding carboxylic acids is 2. The molecule has 0 aliphatic carbocycles. The number of amides is 3. The maximum Gasteiger partial charge on any atom is 0.328 e. The van der Waals surface area contributed by atoms with Crippen molar-refractivity contribution in [3.05, 3.63) is 30.0 Å². The van der Waals surface area contributed by atoms with E-state index in [0.29, 0.717) is 19.0 Å². The summed E-state index contributed by atoms with van der Waals surface area (Å²) in [6.45, 7) is 8.40. The van der Waals surface area contributed by atoms with Gasteiger partial charge in [0.15, 0.2) is 0 Å². The second-order valence-corrected chi connectivity index (χ2v) is 9.42. The van der Waals surface area contributed by atoms with Gasteiger partial charge >= 0.3 is 6.03 Å². The van der Waals surface area contributed by atoms with Crippen LogP contribution in [0.3, 0.4) is 0 Å². The molecule has 1 aromatic carbocycles. The zero-order chi connectivity index (χ0) is 21.4. The second-order valence-electron chi connectivity index (χ2n) is 9.42. The maximum atomic E-state index is 12.4. The highest BCUT2D eigenvalue weighted by Gasteiger charge is 2.28. The van der Waals surface area contributed by atoms with Crippen LogP contribution in [0.5, 0.6) is 0 Å². The number of likely N-dealkylation sites (tertiary alicyclic amines) is 1. The molecule has 166 valence electrons.